The molecule has 1 aromatic carbocycles. The van der Waals surface area contributed by atoms with E-state index in [1.54, 1.807) is 12.2 Å². The summed E-state index contributed by atoms with van der Waals surface area (Å²) >= 11 is 0. The van der Waals surface area contributed by atoms with E-state index in [0.29, 0.717) is 0 Å². The monoisotopic (exact) mass is 329 g/mol. The molecule has 8 heteroatoms. The molecule has 5 nitrogen and oxygen atoms in total. The Bertz CT molecular complexity index is 637. The first-order valence-corrected chi connectivity index (χ1v) is 6.72. The summed E-state index contributed by atoms with van der Waals surface area (Å²) in [6.07, 6.45) is -0.696. The normalized spacial score (nSPS) is 16.1. The summed E-state index contributed by atoms with van der Waals surface area (Å²) in [4.78, 5) is 23.6. The largest absolute Gasteiger partial charge is 0.480 e. The van der Waals surface area contributed by atoms with Crippen LogP contribution in [0.3, 0.4) is 0 Å². The molecule has 1 aliphatic carbocycles. The number of rotatable bonds is 6. The van der Waals surface area contributed by atoms with Gasteiger partial charge < -0.3 is 15.2 Å². The number of alkyl halides is 3. The highest BCUT2D eigenvalue weighted by Crippen LogP contribution is 2.35. The van der Waals surface area contributed by atoms with Crippen molar-refractivity contribution in [1.82, 2.24) is 0 Å². The van der Waals surface area contributed by atoms with Gasteiger partial charge in [-0.3, -0.25) is 9.59 Å². The highest BCUT2D eigenvalue weighted by atomic mass is 19.3. The van der Waals surface area contributed by atoms with Crippen molar-refractivity contribution in [3.05, 3.63) is 36.4 Å². The Balaban J connectivity index is 2.14. The van der Waals surface area contributed by atoms with Crippen molar-refractivity contribution >= 4 is 17.6 Å². The Morgan fingerprint density at radius 1 is 1.30 bits per heavy atom. The number of carbonyl (C=O) groups is 2. The van der Waals surface area contributed by atoms with E-state index in [0.717, 1.165) is 6.07 Å². The van der Waals surface area contributed by atoms with Crippen molar-refractivity contribution < 1.29 is 32.6 Å². The molecule has 1 aromatic rings. The predicted molar refractivity (Wildman–Crippen MR) is 75.1 cm³/mol. The minimum absolute atomic E-state index is 0.0459. The van der Waals surface area contributed by atoms with Crippen LogP contribution in [-0.2, 0) is 9.59 Å². The Morgan fingerprint density at radius 2 is 1.96 bits per heavy atom. The van der Waals surface area contributed by atoms with Gasteiger partial charge in [-0.2, -0.15) is 8.78 Å². The Labute approximate surface area is 129 Å². The number of carboxylic acids is 1. The zero-order valence-corrected chi connectivity index (χ0v) is 11.9. The van der Waals surface area contributed by atoms with Crippen LogP contribution in [0.4, 0.5) is 18.9 Å². The zero-order valence-electron chi connectivity index (χ0n) is 11.9. The van der Waals surface area contributed by atoms with Crippen LogP contribution in [0.5, 0.6) is 5.75 Å². The van der Waals surface area contributed by atoms with E-state index in [-0.39, 0.29) is 24.3 Å². The summed E-state index contributed by atoms with van der Waals surface area (Å²) < 4.78 is 42.0. The summed E-state index contributed by atoms with van der Waals surface area (Å²) in [6, 6.07) is 4.94. The van der Waals surface area contributed by atoms with E-state index >= 15 is 0 Å². The Hall–Kier alpha value is -2.51. The Kier molecular flexibility index (Phi) is 4.63. The maximum atomic E-state index is 12.9. The maximum absolute atomic E-state index is 12.9. The second-order valence-electron chi connectivity index (χ2n) is 5.12. The number of carbonyl (C=O) groups excluding carboxylic acids is 1. The number of nitrogens with one attached hydrogen (secondary N) is 1. The topological polar surface area (TPSA) is 75.6 Å². The van der Waals surface area contributed by atoms with Crippen LogP contribution in [0, 0.1) is 5.41 Å². The lowest BCUT2D eigenvalue weighted by Crippen LogP contribution is -2.41. The number of aliphatic carboxylic acids is 1. The number of benzene rings is 1. The molecule has 2 rings (SSSR count). The number of ether oxygens (including phenoxy) is 1. The lowest BCUT2D eigenvalue weighted by atomic mass is 9.84. The molecule has 0 aliphatic heterocycles. The van der Waals surface area contributed by atoms with Crippen LogP contribution in [0.25, 0.3) is 0 Å². The SMILES string of the molecule is O=C(O)C1(C(=O)Nc2cccc(OC(F)(F)CF)c2)CC=CC1. The van der Waals surface area contributed by atoms with E-state index in [1.165, 1.54) is 18.2 Å². The maximum Gasteiger partial charge on any atom is 0.427 e. The second-order valence-corrected chi connectivity index (χ2v) is 5.12. The first-order valence-electron chi connectivity index (χ1n) is 6.72. The number of allylic oxidation sites excluding steroid dienone is 2. The van der Waals surface area contributed by atoms with Crippen molar-refractivity contribution in [2.75, 3.05) is 12.0 Å². The molecule has 0 saturated heterocycles. The first kappa shape index (κ1) is 16.9. The summed E-state index contributed by atoms with van der Waals surface area (Å²) in [6.45, 7) is -1.99. The minimum atomic E-state index is -3.97. The number of carboxylic acid groups (broad SMARTS) is 1. The predicted octanol–water partition coefficient (Wildman–Crippen LogP) is 2.99. The third kappa shape index (κ3) is 3.64. The molecule has 0 bridgehead atoms. The first-order chi connectivity index (χ1) is 10.8. The minimum Gasteiger partial charge on any atom is -0.480 e. The summed E-state index contributed by atoms with van der Waals surface area (Å²) in [5.74, 6) is -2.37. The highest BCUT2D eigenvalue weighted by Gasteiger charge is 2.46. The molecule has 1 aliphatic rings. The van der Waals surface area contributed by atoms with Crippen molar-refractivity contribution in [3.63, 3.8) is 0 Å². The van der Waals surface area contributed by atoms with Gasteiger partial charge in [-0.15, -0.1) is 0 Å². The summed E-state index contributed by atoms with van der Waals surface area (Å²) in [7, 11) is 0. The van der Waals surface area contributed by atoms with Gasteiger partial charge in [0.15, 0.2) is 12.1 Å². The molecular formula is C15H14F3NO4. The van der Waals surface area contributed by atoms with Gasteiger partial charge >= 0.3 is 12.1 Å². The number of amides is 1. The number of hydrogen-bond donors (Lipinski definition) is 2. The van der Waals surface area contributed by atoms with Crippen LogP contribution in [0.1, 0.15) is 12.8 Å². The van der Waals surface area contributed by atoms with Crippen LogP contribution < -0.4 is 10.1 Å². The van der Waals surface area contributed by atoms with Crippen LogP contribution >= 0.6 is 0 Å². The molecule has 0 fully saturated rings. The fraction of sp³-hybridized carbons (Fsp3) is 0.333. The van der Waals surface area contributed by atoms with Crippen molar-refractivity contribution in [2.45, 2.75) is 19.0 Å². The quantitative estimate of drug-likeness (QED) is 0.621. The van der Waals surface area contributed by atoms with Crippen LogP contribution in [0.2, 0.25) is 0 Å². The third-order valence-corrected chi connectivity index (χ3v) is 3.46. The van der Waals surface area contributed by atoms with Gasteiger partial charge in [0.1, 0.15) is 5.75 Å². The lowest BCUT2D eigenvalue weighted by Gasteiger charge is -2.23. The fourth-order valence-electron chi connectivity index (χ4n) is 2.20. The van der Waals surface area contributed by atoms with Crippen LogP contribution in [0.15, 0.2) is 36.4 Å². The molecule has 124 valence electrons. The zero-order chi connectivity index (χ0) is 17.1. The third-order valence-electron chi connectivity index (χ3n) is 3.46. The average Bonchev–Trinajstić information content (AvgIpc) is 2.98. The molecule has 0 heterocycles. The standard InChI is InChI=1S/C15H14F3NO4/c16-9-15(17,18)23-11-5-3-4-10(8-11)19-12(20)14(13(21)22)6-1-2-7-14/h1-5,8H,6-7,9H2,(H,19,20)(H,21,22). The van der Waals surface area contributed by atoms with Gasteiger partial charge in [0.05, 0.1) is 0 Å². The number of halogens is 3. The van der Waals surface area contributed by atoms with Gasteiger partial charge in [-0.1, -0.05) is 18.2 Å². The second kappa shape index (κ2) is 6.31. The van der Waals surface area contributed by atoms with Gasteiger partial charge in [0.2, 0.25) is 5.91 Å². The molecule has 0 saturated carbocycles. The van der Waals surface area contributed by atoms with E-state index in [2.05, 4.69) is 10.1 Å². The molecule has 0 aromatic heterocycles. The molecule has 23 heavy (non-hydrogen) atoms. The smallest absolute Gasteiger partial charge is 0.427 e. The van der Waals surface area contributed by atoms with E-state index in [1.807, 2.05) is 0 Å². The van der Waals surface area contributed by atoms with E-state index in [4.69, 9.17) is 0 Å². The fourth-order valence-corrected chi connectivity index (χ4v) is 2.20. The van der Waals surface area contributed by atoms with Crippen molar-refractivity contribution in [1.29, 1.82) is 0 Å². The molecule has 0 radical (unpaired) electrons. The van der Waals surface area contributed by atoms with Gasteiger partial charge in [-0.05, 0) is 25.0 Å². The molecule has 2 N–H and O–H groups in total. The van der Waals surface area contributed by atoms with Crippen molar-refractivity contribution in [3.8, 4) is 5.75 Å². The average molecular weight is 329 g/mol. The highest BCUT2D eigenvalue weighted by molar-refractivity contribution is 6.09. The van der Waals surface area contributed by atoms with E-state index < -0.39 is 30.1 Å². The van der Waals surface area contributed by atoms with E-state index in [9.17, 15) is 27.9 Å². The van der Waals surface area contributed by atoms with Gasteiger partial charge in [0.25, 0.3) is 0 Å². The van der Waals surface area contributed by atoms with Crippen LogP contribution in [-0.4, -0.2) is 29.8 Å². The molecule has 1 amide bonds. The van der Waals surface area contributed by atoms with Gasteiger partial charge in [0, 0.05) is 11.8 Å². The van der Waals surface area contributed by atoms with Gasteiger partial charge in [-0.25, -0.2) is 4.39 Å². The molecule has 0 spiro atoms. The Morgan fingerprint density at radius 3 is 2.52 bits per heavy atom. The summed E-state index contributed by atoms with van der Waals surface area (Å²) in [5, 5.41) is 11.7. The lowest BCUT2D eigenvalue weighted by molar-refractivity contribution is -0.186. The molecule has 0 unspecified atom stereocenters. The molecular weight excluding hydrogens is 315 g/mol. The van der Waals surface area contributed by atoms with Crippen molar-refractivity contribution in [2.24, 2.45) is 5.41 Å². The molecule has 0 atom stereocenters. The summed E-state index contributed by atoms with van der Waals surface area (Å²) in [5.41, 5.74) is -1.53. The number of anilines is 1. The number of hydrogen-bond acceptors (Lipinski definition) is 3.